The van der Waals surface area contributed by atoms with Crippen molar-refractivity contribution in [2.24, 2.45) is 21.5 Å². The van der Waals surface area contributed by atoms with E-state index >= 15 is 0 Å². The SMILES string of the molecule is CCCCCCCCN=C(N)NC(N)=NCc1ccccc1.Cl.Cl. The highest BCUT2D eigenvalue weighted by Crippen LogP contribution is 2.04. The largest absolute Gasteiger partial charge is 0.370 e. The van der Waals surface area contributed by atoms with Gasteiger partial charge in [0.15, 0.2) is 11.9 Å². The van der Waals surface area contributed by atoms with Crippen LogP contribution < -0.4 is 16.8 Å². The summed E-state index contributed by atoms with van der Waals surface area (Å²) < 4.78 is 0. The summed E-state index contributed by atoms with van der Waals surface area (Å²) in [5.74, 6) is 0.635. The van der Waals surface area contributed by atoms with E-state index in [0.717, 1.165) is 18.5 Å². The van der Waals surface area contributed by atoms with Crippen LogP contribution in [-0.2, 0) is 6.54 Å². The van der Waals surface area contributed by atoms with Crippen LogP contribution in [0.4, 0.5) is 0 Å². The fraction of sp³-hybridized carbons (Fsp3) is 0.529. The molecule has 7 heteroatoms. The second-order valence-electron chi connectivity index (χ2n) is 5.35. The molecule has 24 heavy (non-hydrogen) atoms. The topological polar surface area (TPSA) is 88.8 Å². The molecular formula is C17H31Cl2N5. The standard InChI is InChI=1S/C17H29N5.2ClH/c1-2-3-4-5-6-10-13-20-16(18)22-17(19)21-14-15-11-8-7-9-12-15;;/h7-9,11-12H,2-6,10,13-14H2,1H3,(H5,18,19,20,21,22);2*1H. The number of hydrogen-bond acceptors (Lipinski definition) is 2. The number of nitrogens with two attached hydrogens (primary N) is 2. The molecule has 0 aliphatic carbocycles. The minimum absolute atomic E-state index is 0. The highest BCUT2D eigenvalue weighted by molar-refractivity contribution is 5.97. The molecule has 0 aliphatic heterocycles. The third-order valence-corrected chi connectivity index (χ3v) is 3.32. The average molecular weight is 376 g/mol. The summed E-state index contributed by atoms with van der Waals surface area (Å²) in [7, 11) is 0. The van der Waals surface area contributed by atoms with Gasteiger partial charge in [-0.3, -0.25) is 10.3 Å². The van der Waals surface area contributed by atoms with Gasteiger partial charge in [0.2, 0.25) is 0 Å². The monoisotopic (exact) mass is 375 g/mol. The number of guanidine groups is 2. The predicted molar refractivity (Wildman–Crippen MR) is 109 cm³/mol. The van der Waals surface area contributed by atoms with Crippen molar-refractivity contribution in [3.8, 4) is 0 Å². The van der Waals surface area contributed by atoms with Crippen LogP contribution in [0.2, 0.25) is 0 Å². The minimum Gasteiger partial charge on any atom is -0.370 e. The van der Waals surface area contributed by atoms with Gasteiger partial charge in [0.1, 0.15) is 0 Å². The van der Waals surface area contributed by atoms with Crippen molar-refractivity contribution in [2.45, 2.75) is 52.0 Å². The number of benzene rings is 1. The van der Waals surface area contributed by atoms with E-state index in [1.165, 1.54) is 32.1 Å². The Morgan fingerprint density at radius 3 is 2.12 bits per heavy atom. The molecule has 0 saturated heterocycles. The molecule has 0 amide bonds. The van der Waals surface area contributed by atoms with Gasteiger partial charge in [0.05, 0.1) is 6.54 Å². The number of hydrogen-bond donors (Lipinski definition) is 3. The Morgan fingerprint density at radius 1 is 0.875 bits per heavy atom. The smallest absolute Gasteiger partial charge is 0.195 e. The van der Waals surface area contributed by atoms with Crippen LogP contribution in [0, 0.1) is 0 Å². The van der Waals surface area contributed by atoms with Gasteiger partial charge in [-0.05, 0) is 12.0 Å². The van der Waals surface area contributed by atoms with E-state index in [1.807, 2.05) is 30.3 Å². The summed E-state index contributed by atoms with van der Waals surface area (Å²) in [4.78, 5) is 8.49. The molecule has 0 aliphatic rings. The Balaban J connectivity index is 0. The zero-order valence-electron chi connectivity index (χ0n) is 14.4. The van der Waals surface area contributed by atoms with Gasteiger partial charge in [-0.1, -0.05) is 69.4 Å². The van der Waals surface area contributed by atoms with Crippen molar-refractivity contribution < 1.29 is 0 Å². The van der Waals surface area contributed by atoms with Gasteiger partial charge >= 0.3 is 0 Å². The van der Waals surface area contributed by atoms with Crippen LogP contribution in [0.3, 0.4) is 0 Å². The van der Waals surface area contributed by atoms with Crippen molar-refractivity contribution in [3.63, 3.8) is 0 Å². The van der Waals surface area contributed by atoms with Crippen LogP contribution in [0.25, 0.3) is 0 Å². The average Bonchev–Trinajstić information content (AvgIpc) is 2.53. The quantitative estimate of drug-likeness (QED) is 0.349. The number of nitrogens with zero attached hydrogens (tertiary/aromatic N) is 2. The summed E-state index contributed by atoms with van der Waals surface area (Å²) in [5.41, 5.74) is 12.7. The first-order chi connectivity index (χ1) is 10.7. The highest BCUT2D eigenvalue weighted by atomic mass is 35.5. The molecule has 0 spiro atoms. The zero-order valence-corrected chi connectivity index (χ0v) is 16.0. The van der Waals surface area contributed by atoms with E-state index in [4.69, 9.17) is 11.5 Å². The molecule has 138 valence electrons. The van der Waals surface area contributed by atoms with E-state index in [-0.39, 0.29) is 24.8 Å². The maximum Gasteiger partial charge on any atom is 0.195 e. The van der Waals surface area contributed by atoms with Crippen LogP contribution in [-0.4, -0.2) is 18.5 Å². The summed E-state index contributed by atoms with van der Waals surface area (Å²) in [6.07, 6.45) is 7.45. The second kappa shape index (κ2) is 16.4. The molecule has 0 heterocycles. The lowest BCUT2D eigenvalue weighted by Gasteiger charge is -2.05. The van der Waals surface area contributed by atoms with E-state index in [1.54, 1.807) is 0 Å². The molecule has 0 atom stereocenters. The van der Waals surface area contributed by atoms with Crippen LogP contribution in [0.1, 0.15) is 51.0 Å². The van der Waals surface area contributed by atoms with Crippen molar-refractivity contribution in [2.75, 3.05) is 6.54 Å². The fourth-order valence-corrected chi connectivity index (χ4v) is 2.06. The first-order valence-corrected chi connectivity index (χ1v) is 8.13. The Kier molecular flexibility index (Phi) is 16.9. The molecule has 0 radical (unpaired) electrons. The Hall–Kier alpha value is -1.46. The molecule has 5 N–H and O–H groups in total. The number of halogens is 2. The number of aliphatic imine (C=N–C) groups is 2. The molecule has 1 rings (SSSR count). The first-order valence-electron chi connectivity index (χ1n) is 8.13. The van der Waals surface area contributed by atoms with Crippen molar-refractivity contribution in [3.05, 3.63) is 35.9 Å². The molecule has 1 aromatic rings. The van der Waals surface area contributed by atoms with Crippen molar-refractivity contribution >= 4 is 36.7 Å². The van der Waals surface area contributed by atoms with Gasteiger partial charge in [0.25, 0.3) is 0 Å². The Bertz CT molecular complexity index is 463. The molecule has 1 aromatic carbocycles. The zero-order chi connectivity index (χ0) is 16.0. The molecule has 0 aromatic heterocycles. The fourth-order valence-electron chi connectivity index (χ4n) is 2.06. The van der Waals surface area contributed by atoms with E-state index in [2.05, 4.69) is 22.2 Å². The Labute approximate surface area is 158 Å². The van der Waals surface area contributed by atoms with Gasteiger partial charge in [0, 0.05) is 6.54 Å². The Morgan fingerprint density at radius 2 is 1.46 bits per heavy atom. The van der Waals surface area contributed by atoms with Gasteiger partial charge < -0.3 is 11.5 Å². The third-order valence-electron chi connectivity index (χ3n) is 3.32. The maximum absolute atomic E-state index is 5.79. The molecule has 0 fully saturated rings. The number of nitrogens with one attached hydrogen (secondary N) is 1. The molecule has 0 unspecified atom stereocenters. The summed E-state index contributed by atoms with van der Waals surface area (Å²) in [6.45, 7) is 3.49. The second-order valence-corrected chi connectivity index (χ2v) is 5.35. The summed E-state index contributed by atoms with van der Waals surface area (Å²) in [5, 5.41) is 2.82. The van der Waals surface area contributed by atoms with Crippen LogP contribution in [0.15, 0.2) is 40.3 Å². The highest BCUT2D eigenvalue weighted by Gasteiger charge is 1.96. The van der Waals surface area contributed by atoms with Crippen LogP contribution >= 0.6 is 24.8 Å². The molecule has 0 saturated carbocycles. The van der Waals surface area contributed by atoms with E-state index < -0.39 is 0 Å². The third kappa shape index (κ3) is 13.0. The lowest BCUT2D eigenvalue weighted by Crippen LogP contribution is -2.41. The number of unbranched alkanes of at least 4 members (excludes halogenated alkanes) is 5. The molecule has 0 bridgehead atoms. The van der Waals surface area contributed by atoms with E-state index in [0.29, 0.717) is 18.5 Å². The van der Waals surface area contributed by atoms with Crippen molar-refractivity contribution in [1.82, 2.24) is 5.32 Å². The minimum atomic E-state index is 0. The normalized spacial score (nSPS) is 11.4. The molecular weight excluding hydrogens is 345 g/mol. The number of rotatable bonds is 9. The van der Waals surface area contributed by atoms with Gasteiger partial charge in [-0.25, -0.2) is 4.99 Å². The first kappa shape index (κ1) is 24.8. The maximum atomic E-state index is 5.79. The van der Waals surface area contributed by atoms with Crippen LogP contribution in [0.5, 0.6) is 0 Å². The summed E-state index contributed by atoms with van der Waals surface area (Å²) in [6, 6.07) is 9.94. The van der Waals surface area contributed by atoms with Gasteiger partial charge in [-0.2, -0.15) is 0 Å². The van der Waals surface area contributed by atoms with Crippen molar-refractivity contribution in [1.29, 1.82) is 0 Å². The lowest BCUT2D eigenvalue weighted by atomic mass is 10.1. The van der Waals surface area contributed by atoms with E-state index in [9.17, 15) is 0 Å². The lowest BCUT2D eigenvalue weighted by molar-refractivity contribution is 0.612. The predicted octanol–water partition coefficient (Wildman–Crippen LogP) is 3.61. The summed E-state index contributed by atoms with van der Waals surface area (Å²) >= 11 is 0. The van der Waals surface area contributed by atoms with Gasteiger partial charge in [-0.15, -0.1) is 24.8 Å². The molecule has 5 nitrogen and oxygen atoms in total.